The van der Waals surface area contributed by atoms with Crippen LogP contribution in [-0.2, 0) is 14.4 Å². The van der Waals surface area contributed by atoms with E-state index in [1.807, 2.05) is 20.8 Å². The second-order valence-corrected chi connectivity index (χ2v) is 5.40. The fourth-order valence-corrected chi connectivity index (χ4v) is 1.67. The van der Waals surface area contributed by atoms with Gasteiger partial charge in [-0.3, -0.25) is 4.79 Å². The summed E-state index contributed by atoms with van der Waals surface area (Å²) in [6, 6.07) is 0. The molecule has 1 aliphatic heterocycles. The van der Waals surface area contributed by atoms with E-state index in [2.05, 4.69) is 5.16 Å². The first kappa shape index (κ1) is 13.5. The largest absolute Gasteiger partial charge is 0.477 e. The fraction of sp³-hybridized carbons (Fsp3) is 0.727. The highest BCUT2D eigenvalue weighted by molar-refractivity contribution is 6.36. The molecule has 1 amide bonds. The minimum Gasteiger partial charge on any atom is -0.477 e. The number of nitrogens with zero attached hydrogens (tertiary/aromatic N) is 2. The van der Waals surface area contributed by atoms with Gasteiger partial charge in [0.1, 0.15) is 0 Å². The normalized spacial score (nSPS) is 19.5. The average molecular weight is 242 g/mol. The van der Waals surface area contributed by atoms with Crippen molar-refractivity contribution in [3.63, 3.8) is 0 Å². The van der Waals surface area contributed by atoms with Crippen LogP contribution in [0.1, 0.15) is 27.2 Å². The number of carboxylic acids is 1. The monoisotopic (exact) mass is 242 g/mol. The number of rotatable bonds is 3. The second-order valence-electron chi connectivity index (χ2n) is 5.40. The summed E-state index contributed by atoms with van der Waals surface area (Å²) in [6.07, 6.45) is -0.767. The highest BCUT2D eigenvalue weighted by atomic mass is 16.6. The Hall–Kier alpha value is -1.59. The second kappa shape index (κ2) is 4.73. The van der Waals surface area contributed by atoms with Crippen LogP contribution in [0.15, 0.2) is 5.16 Å². The molecule has 6 nitrogen and oxygen atoms in total. The maximum atomic E-state index is 11.9. The van der Waals surface area contributed by atoms with Crippen molar-refractivity contribution in [2.24, 2.45) is 10.6 Å². The molecule has 0 saturated heterocycles. The molecule has 0 aliphatic carbocycles. The zero-order valence-electron chi connectivity index (χ0n) is 10.6. The molecule has 0 spiro atoms. The summed E-state index contributed by atoms with van der Waals surface area (Å²) >= 11 is 0. The molecule has 1 N–H and O–H groups in total. The van der Waals surface area contributed by atoms with Gasteiger partial charge in [0, 0.05) is 20.0 Å². The Morgan fingerprint density at radius 3 is 2.53 bits per heavy atom. The van der Waals surface area contributed by atoms with Gasteiger partial charge in [-0.25, -0.2) is 4.79 Å². The molecule has 96 valence electrons. The third-order valence-electron chi connectivity index (χ3n) is 2.28. The van der Waals surface area contributed by atoms with Gasteiger partial charge in [0.05, 0.1) is 0 Å². The lowest BCUT2D eigenvalue weighted by atomic mass is 9.96. The summed E-state index contributed by atoms with van der Waals surface area (Å²) < 4.78 is 0. The van der Waals surface area contributed by atoms with Crippen molar-refractivity contribution in [1.82, 2.24) is 4.90 Å². The summed E-state index contributed by atoms with van der Waals surface area (Å²) in [6.45, 7) is 6.64. The minimum atomic E-state index is -1.14. The van der Waals surface area contributed by atoms with E-state index in [4.69, 9.17) is 9.94 Å². The first-order valence-corrected chi connectivity index (χ1v) is 5.41. The standard InChI is InChI=1S/C11H18N2O4/c1-11(2,3)6-13(4)9(14)8-5-7(10(15)16)12-17-8/h8H,5-6H2,1-4H3,(H,15,16). The van der Waals surface area contributed by atoms with Crippen LogP contribution in [0.5, 0.6) is 0 Å². The smallest absolute Gasteiger partial charge is 0.353 e. The zero-order valence-corrected chi connectivity index (χ0v) is 10.6. The van der Waals surface area contributed by atoms with Crippen LogP contribution in [0.2, 0.25) is 0 Å². The van der Waals surface area contributed by atoms with Crippen LogP contribution in [0.4, 0.5) is 0 Å². The maximum Gasteiger partial charge on any atom is 0.353 e. The van der Waals surface area contributed by atoms with Crippen LogP contribution < -0.4 is 0 Å². The van der Waals surface area contributed by atoms with Crippen molar-refractivity contribution in [3.8, 4) is 0 Å². The van der Waals surface area contributed by atoms with Crippen LogP contribution in [0.25, 0.3) is 0 Å². The van der Waals surface area contributed by atoms with Crippen molar-refractivity contribution in [2.75, 3.05) is 13.6 Å². The van der Waals surface area contributed by atoms with E-state index in [9.17, 15) is 9.59 Å². The van der Waals surface area contributed by atoms with Crippen molar-refractivity contribution < 1.29 is 19.5 Å². The summed E-state index contributed by atoms with van der Waals surface area (Å²) in [7, 11) is 1.68. The van der Waals surface area contributed by atoms with E-state index in [0.29, 0.717) is 6.54 Å². The number of carboxylic acid groups (broad SMARTS) is 1. The molecule has 1 atom stereocenters. The van der Waals surface area contributed by atoms with Gasteiger partial charge in [-0.05, 0) is 5.41 Å². The predicted molar refractivity (Wildman–Crippen MR) is 61.7 cm³/mol. The van der Waals surface area contributed by atoms with Crippen LogP contribution in [0, 0.1) is 5.41 Å². The highest BCUT2D eigenvalue weighted by Crippen LogP contribution is 2.18. The van der Waals surface area contributed by atoms with Gasteiger partial charge < -0.3 is 14.8 Å². The molecule has 0 aromatic carbocycles. The minimum absolute atomic E-state index is 0.0144. The number of oxime groups is 1. The molecule has 0 aromatic rings. The van der Waals surface area contributed by atoms with Crippen molar-refractivity contribution in [3.05, 3.63) is 0 Å². The lowest BCUT2D eigenvalue weighted by Gasteiger charge is -2.27. The highest BCUT2D eigenvalue weighted by Gasteiger charge is 2.34. The number of hydrogen-bond acceptors (Lipinski definition) is 4. The molecular weight excluding hydrogens is 224 g/mol. The molecule has 0 bridgehead atoms. The molecule has 6 heteroatoms. The number of amides is 1. The Labute approximate surface area is 100 Å². The molecule has 0 aromatic heterocycles. The quantitative estimate of drug-likeness (QED) is 0.790. The molecule has 1 unspecified atom stereocenters. The molecular formula is C11H18N2O4. The van der Waals surface area contributed by atoms with E-state index in [1.54, 1.807) is 11.9 Å². The summed E-state index contributed by atoms with van der Waals surface area (Å²) in [5.74, 6) is -1.38. The van der Waals surface area contributed by atoms with Crippen molar-refractivity contribution in [1.29, 1.82) is 0 Å². The Balaban J connectivity index is 2.54. The third kappa shape index (κ3) is 3.72. The number of aliphatic carboxylic acids is 1. The summed E-state index contributed by atoms with van der Waals surface area (Å²) in [5, 5.41) is 12.1. The number of carbonyl (C=O) groups is 2. The number of likely N-dealkylation sites (N-methyl/N-ethyl adjacent to an activating group) is 1. The van der Waals surface area contributed by atoms with Gasteiger partial charge in [-0.15, -0.1) is 0 Å². The summed E-state index contributed by atoms with van der Waals surface area (Å²) in [5.41, 5.74) is -0.119. The fourth-order valence-electron chi connectivity index (χ4n) is 1.67. The van der Waals surface area contributed by atoms with Crippen molar-refractivity contribution >= 4 is 17.6 Å². The number of hydrogen-bond donors (Lipinski definition) is 1. The molecule has 0 fully saturated rings. The first-order chi connectivity index (χ1) is 7.70. The zero-order chi connectivity index (χ0) is 13.2. The lowest BCUT2D eigenvalue weighted by Crippen LogP contribution is -2.41. The van der Waals surface area contributed by atoms with Gasteiger partial charge in [0.25, 0.3) is 5.91 Å². The molecule has 17 heavy (non-hydrogen) atoms. The maximum absolute atomic E-state index is 11.9. The molecule has 1 heterocycles. The molecule has 0 radical (unpaired) electrons. The average Bonchev–Trinajstić information content (AvgIpc) is 2.62. The topological polar surface area (TPSA) is 79.2 Å². The summed E-state index contributed by atoms with van der Waals surface area (Å²) in [4.78, 5) is 28.9. The predicted octanol–water partition coefficient (Wildman–Crippen LogP) is 0.720. The van der Waals surface area contributed by atoms with E-state index >= 15 is 0 Å². The van der Waals surface area contributed by atoms with E-state index < -0.39 is 12.1 Å². The van der Waals surface area contributed by atoms with Gasteiger partial charge in [0.2, 0.25) is 6.10 Å². The van der Waals surface area contributed by atoms with Crippen LogP contribution in [-0.4, -0.2) is 47.3 Å². The van der Waals surface area contributed by atoms with Crippen LogP contribution >= 0.6 is 0 Å². The van der Waals surface area contributed by atoms with E-state index in [-0.39, 0.29) is 23.5 Å². The van der Waals surface area contributed by atoms with Gasteiger partial charge >= 0.3 is 5.97 Å². The Morgan fingerprint density at radius 2 is 2.12 bits per heavy atom. The molecule has 0 saturated carbocycles. The van der Waals surface area contributed by atoms with Crippen LogP contribution in [0.3, 0.4) is 0 Å². The Bertz CT molecular complexity index is 357. The Kier molecular flexibility index (Phi) is 3.75. The molecule has 1 rings (SSSR count). The van der Waals surface area contributed by atoms with Gasteiger partial charge in [0.15, 0.2) is 5.71 Å². The SMILES string of the molecule is CN(CC(C)(C)C)C(=O)C1CC(C(=O)O)=NO1. The number of carbonyl (C=O) groups excluding carboxylic acids is 1. The lowest BCUT2D eigenvalue weighted by molar-refractivity contribution is -0.141. The molecule has 1 aliphatic rings. The van der Waals surface area contributed by atoms with Gasteiger partial charge in [-0.2, -0.15) is 0 Å². The van der Waals surface area contributed by atoms with E-state index in [0.717, 1.165) is 0 Å². The Morgan fingerprint density at radius 1 is 1.53 bits per heavy atom. The first-order valence-electron chi connectivity index (χ1n) is 5.41. The third-order valence-corrected chi connectivity index (χ3v) is 2.28. The van der Waals surface area contributed by atoms with E-state index in [1.165, 1.54) is 0 Å². The van der Waals surface area contributed by atoms with Crippen molar-refractivity contribution in [2.45, 2.75) is 33.3 Å². The van der Waals surface area contributed by atoms with Gasteiger partial charge in [-0.1, -0.05) is 25.9 Å².